The van der Waals surface area contributed by atoms with Gasteiger partial charge in [-0.1, -0.05) is 6.07 Å². The number of nitrogens with one attached hydrogen (secondary N) is 1. The molecular formula is C15H23N3O2. The topological polar surface area (TPSA) is 78.6 Å². The molecule has 1 amide bonds. The summed E-state index contributed by atoms with van der Waals surface area (Å²) in [6, 6.07) is 5.56. The van der Waals surface area contributed by atoms with Gasteiger partial charge in [0, 0.05) is 6.54 Å². The summed E-state index contributed by atoms with van der Waals surface area (Å²) >= 11 is 0. The van der Waals surface area contributed by atoms with Gasteiger partial charge in [-0.05, 0) is 50.9 Å². The predicted molar refractivity (Wildman–Crippen MR) is 80.5 cm³/mol. The number of carbonyl (C=O) groups excluding carboxylic acids is 1. The average molecular weight is 277 g/mol. The molecule has 1 unspecified atom stereocenters. The Bertz CT molecular complexity index is 500. The van der Waals surface area contributed by atoms with E-state index in [-0.39, 0.29) is 12.5 Å². The Hall–Kier alpha value is -1.59. The van der Waals surface area contributed by atoms with Crippen molar-refractivity contribution < 1.29 is 9.90 Å². The van der Waals surface area contributed by atoms with E-state index in [1.165, 1.54) is 0 Å². The Morgan fingerprint density at radius 3 is 2.95 bits per heavy atom. The summed E-state index contributed by atoms with van der Waals surface area (Å²) in [7, 11) is 0. The number of aliphatic hydroxyl groups is 1. The highest BCUT2D eigenvalue weighted by Crippen LogP contribution is 2.21. The molecule has 1 atom stereocenters. The lowest BCUT2D eigenvalue weighted by molar-refractivity contribution is -0.118. The Kier molecular flexibility index (Phi) is 4.30. The first-order valence-electron chi connectivity index (χ1n) is 6.96. The molecule has 1 fully saturated rings. The number of likely N-dealkylation sites (tertiary alicyclic amines) is 1. The van der Waals surface area contributed by atoms with Crippen LogP contribution in [0, 0.1) is 6.92 Å². The molecule has 1 aliphatic rings. The molecule has 1 aromatic carbocycles. The van der Waals surface area contributed by atoms with Crippen LogP contribution in [0.15, 0.2) is 18.2 Å². The van der Waals surface area contributed by atoms with Crippen LogP contribution >= 0.6 is 0 Å². The second-order valence-corrected chi connectivity index (χ2v) is 5.95. The van der Waals surface area contributed by atoms with E-state index >= 15 is 0 Å². The van der Waals surface area contributed by atoms with E-state index in [1.807, 2.05) is 36.9 Å². The molecular weight excluding hydrogens is 254 g/mol. The van der Waals surface area contributed by atoms with Gasteiger partial charge in [0.2, 0.25) is 5.91 Å². The zero-order valence-electron chi connectivity index (χ0n) is 12.1. The smallest absolute Gasteiger partial charge is 0.238 e. The second kappa shape index (κ2) is 5.81. The number of benzene rings is 1. The van der Waals surface area contributed by atoms with E-state index in [9.17, 15) is 9.90 Å². The van der Waals surface area contributed by atoms with Gasteiger partial charge >= 0.3 is 0 Å². The highest BCUT2D eigenvalue weighted by Gasteiger charge is 2.29. The Morgan fingerprint density at radius 2 is 2.30 bits per heavy atom. The van der Waals surface area contributed by atoms with Crippen LogP contribution in [0.4, 0.5) is 11.4 Å². The highest BCUT2D eigenvalue weighted by atomic mass is 16.3. The normalized spacial score (nSPS) is 23.6. The summed E-state index contributed by atoms with van der Waals surface area (Å²) in [6.07, 6.45) is 1.70. The van der Waals surface area contributed by atoms with Crippen molar-refractivity contribution in [2.75, 3.05) is 30.7 Å². The standard InChI is InChI=1S/C15H23N3O2/c1-11-4-5-13(12(16)8-11)17-14(19)9-18-7-3-6-15(2,20)10-18/h4-5,8,20H,3,6-7,9-10,16H2,1-2H3,(H,17,19). The van der Waals surface area contributed by atoms with Gasteiger partial charge < -0.3 is 16.2 Å². The number of nitrogens with zero attached hydrogens (tertiary/aromatic N) is 1. The van der Waals surface area contributed by atoms with Crippen LogP contribution in [0.1, 0.15) is 25.3 Å². The zero-order chi connectivity index (χ0) is 14.8. The summed E-state index contributed by atoms with van der Waals surface area (Å²) in [5.74, 6) is -0.0988. The molecule has 1 heterocycles. The number of rotatable bonds is 3. The van der Waals surface area contributed by atoms with Crippen LogP contribution in [0.3, 0.4) is 0 Å². The number of β-amino-alcohol motifs (C(OH)–C–C–N with tert-alkyl or cyclic N) is 1. The third-order valence-corrected chi connectivity index (χ3v) is 3.60. The molecule has 5 heteroatoms. The molecule has 20 heavy (non-hydrogen) atoms. The van der Waals surface area contributed by atoms with Gasteiger partial charge in [0.05, 0.1) is 23.5 Å². The number of amides is 1. The fourth-order valence-electron chi connectivity index (χ4n) is 2.65. The number of piperidine rings is 1. The monoisotopic (exact) mass is 277 g/mol. The molecule has 110 valence electrons. The van der Waals surface area contributed by atoms with E-state index in [0.29, 0.717) is 17.9 Å². The summed E-state index contributed by atoms with van der Waals surface area (Å²) < 4.78 is 0. The van der Waals surface area contributed by atoms with Crippen molar-refractivity contribution in [3.63, 3.8) is 0 Å². The van der Waals surface area contributed by atoms with Crippen molar-refractivity contribution in [1.82, 2.24) is 4.90 Å². The molecule has 0 aromatic heterocycles. The van der Waals surface area contributed by atoms with Gasteiger partial charge in [-0.2, -0.15) is 0 Å². The maximum atomic E-state index is 12.0. The molecule has 0 radical (unpaired) electrons. The van der Waals surface area contributed by atoms with Gasteiger partial charge in [0.15, 0.2) is 0 Å². The number of carbonyl (C=O) groups is 1. The minimum absolute atomic E-state index is 0.0988. The maximum absolute atomic E-state index is 12.0. The fourth-order valence-corrected chi connectivity index (χ4v) is 2.65. The van der Waals surface area contributed by atoms with Crippen molar-refractivity contribution in [3.05, 3.63) is 23.8 Å². The van der Waals surface area contributed by atoms with E-state index < -0.39 is 5.60 Å². The molecule has 0 spiro atoms. The molecule has 1 aliphatic heterocycles. The van der Waals surface area contributed by atoms with Crippen LogP contribution < -0.4 is 11.1 Å². The quantitative estimate of drug-likeness (QED) is 0.729. The molecule has 2 rings (SSSR count). The molecule has 0 aliphatic carbocycles. The summed E-state index contributed by atoms with van der Waals surface area (Å²) in [4.78, 5) is 14.0. The van der Waals surface area contributed by atoms with E-state index in [4.69, 9.17) is 5.73 Å². The number of nitrogen functional groups attached to an aromatic ring is 1. The van der Waals surface area contributed by atoms with Crippen molar-refractivity contribution in [2.24, 2.45) is 0 Å². The van der Waals surface area contributed by atoms with Gasteiger partial charge in [-0.3, -0.25) is 9.69 Å². The van der Waals surface area contributed by atoms with Gasteiger partial charge in [-0.25, -0.2) is 0 Å². The molecule has 0 saturated carbocycles. The van der Waals surface area contributed by atoms with Crippen LogP contribution in [0.5, 0.6) is 0 Å². The van der Waals surface area contributed by atoms with Gasteiger partial charge in [-0.15, -0.1) is 0 Å². The average Bonchev–Trinajstić information content (AvgIpc) is 2.31. The molecule has 0 bridgehead atoms. The first-order valence-corrected chi connectivity index (χ1v) is 6.96. The molecule has 1 aromatic rings. The van der Waals surface area contributed by atoms with E-state index in [0.717, 1.165) is 24.9 Å². The summed E-state index contributed by atoms with van der Waals surface area (Å²) in [6.45, 7) is 5.42. The number of nitrogens with two attached hydrogens (primary N) is 1. The van der Waals surface area contributed by atoms with Crippen molar-refractivity contribution in [2.45, 2.75) is 32.3 Å². The Balaban J connectivity index is 1.92. The van der Waals surface area contributed by atoms with Crippen molar-refractivity contribution >= 4 is 17.3 Å². The van der Waals surface area contributed by atoms with Crippen molar-refractivity contribution in [1.29, 1.82) is 0 Å². The maximum Gasteiger partial charge on any atom is 0.238 e. The van der Waals surface area contributed by atoms with Crippen LogP contribution in [-0.4, -0.2) is 41.1 Å². The lowest BCUT2D eigenvalue weighted by atomic mass is 9.95. The minimum Gasteiger partial charge on any atom is -0.397 e. The third-order valence-electron chi connectivity index (χ3n) is 3.60. The number of hydrogen-bond donors (Lipinski definition) is 3. The minimum atomic E-state index is -0.693. The van der Waals surface area contributed by atoms with E-state index in [1.54, 1.807) is 0 Å². The van der Waals surface area contributed by atoms with E-state index in [2.05, 4.69) is 5.32 Å². The number of hydrogen-bond acceptors (Lipinski definition) is 4. The van der Waals surface area contributed by atoms with Crippen LogP contribution in [0.2, 0.25) is 0 Å². The summed E-state index contributed by atoms with van der Waals surface area (Å²) in [5.41, 5.74) is 7.46. The molecule has 4 N–H and O–H groups in total. The van der Waals surface area contributed by atoms with Crippen LogP contribution in [-0.2, 0) is 4.79 Å². The lowest BCUT2D eigenvalue weighted by Crippen LogP contribution is -2.48. The third kappa shape index (κ3) is 3.95. The number of anilines is 2. The lowest BCUT2D eigenvalue weighted by Gasteiger charge is -2.36. The van der Waals surface area contributed by atoms with Crippen molar-refractivity contribution in [3.8, 4) is 0 Å². The first-order chi connectivity index (χ1) is 9.35. The molecule has 1 saturated heterocycles. The largest absolute Gasteiger partial charge is 0.397 e. The van der Waals surface area contributed by atoms with Crippen LogP contribution in [0.25, 0.3) is 0 Å². The van der Waals surface area contributed by atoms with Gasteiger partial charge in [0.25, 0.3) is 0 Å². The van der Waals surface area contributed by atoms with Gasteiger partial charge in [0.1, 0.15) is 0 Å². The summed E-state index contributed by atoms with van der Waals surface area (Å²) in [5, 5.41) is 12.9. The second-order valence-electron chi connectivity index (χ2n) is 5.95. The molecule has 5 nitrogen and oxygen atoms in total. The zero-order valence-corrected chi connectivity index (χ0v) is 12.1. The number of aryl methyl sites for hydroxylation is 1. The fraction of sp³-hybridized carbons (Fsp3) is 0.533. The Labute approximate surface area is 119 Å². The first kappa shape index (κ1) is 14.8. The Morgan fingerprint density at radius 1 is 1.55 bits per heavy atom. The highest BCUT2D eigenvalue weighted by molar-refractivity contribution is 5.95. The SMILES string of the molecule is Cc1ccc(NC(=O)CN2CCCC(C)(O)C2)c(N)c1. The predicted octanol–water partition coefficient (Wildman–Crippen LogP) is 1.36.